The first-order chi connectivity index (χ1) is 10.7. The van der Waals surface area contributed by atoms with Gasteiger partial charge in [-0.25, -0.2) is 0 Å². The molecule has 7 heteroatoms. The van der Waals surface area contributed by atoms with E-state index in [0.29, 0.717) is 0 Å². The van der Waals surface area contributed by atoms with Crippen LogP contribution >= 0.6 is 0 Å². The lowest BCUT2D eigenvalue weighted by atomic mass is 9.96. The van der Waals surface area contributed by atoms with Gasteiger partial charge in [0.05, 0.1) is 0 Å². The van der Waals surface area contributed by atoms with Gasteiger partial charge in [-0.3, -0.25) is 4.79 Å². The number of rotatable bonds is 2. The van der Waals surface area contributed by atoms with E-state index in [1.165, 1.54) is 0 Å². The number of amides is 1. The molecule has 0 spiro atoms. The number of carbonyl (C=O) groups is 1. The summed E-state index contributed by atoms with van der Waals surface area (Å²) in [6, 6.07) is 8.06. The van der Waals surface area contributed by atoms with Crippen LogP contribution < -0.4 is 10.6 Å². The number of piperidine rings is 1. The second-order valence-electron chi connectivity index (χ2n) is 5.63. The zero-order chi connectivity index (χ0) is 15.1. The molecule has 0 bridgehead atoms. The molecule has 112 valence electrons. The fourth-order valence-corrected chi connectivity index (χ4v) is 3.12. The highest BCUT2D eigenvalue weighted by molar-refractivity contribution is 6.00. The van der Waals surface area contributed by atoms with Crippen molar-refractivity contribution < 1.29 is 4.79 Å². The number of primary amides is 1. The van der Waals surface area contributed by atoms with Crippen LogP contribution in [-0.4, -0.2) is 38.8 Å². The Hall–Kier alpha value is -2.70. The van der Waals surface area contributed by atoms with E-state index in [4.69, 9.17) is 5.73 Å². The third-order valence-electron chi connectivity index (χ3n) is 4.34. The summed E-state index contributed by atoms with van der Waals surface area (Å²) in [7, 11) is 0. The van der Waals surface area contributed by atoms with Gasteiger partial charge in [0, 0.05) is 29.8 Å². The quantitative estimate of drug-likeness (QED) is 0.761. The third kappa shape index (κ3) is 1.97. The van der Waals surface area contributed by atoms with Gasteiger partial charge in [-0.05, 0) is 12.8 Å². The molecule has 22 heavy (non-hydrogen) atoms. The smallest absolute Gasteiger partial charge is 0.220 e. The lowest BCUT2D eigenvalue weighted by Gasteiger charge is -2.32. The standard InChI is InChI=1S/C15H16N6O/c16-13(22)10-5-7-20(8-6-10)15-12-4-2-1-3-11(12)14-18-17-9-21(14)19-15/h1-4,9-10H,5-8H2,(H2,16,22). The van der Waals surface area contributed by atoms with Crippen LogP contribution in [0.5, 0.6) is 0 Å². The van der Waals surface area contributed by atoms with E-state index in [9.17, 15) is 4.79 Å². The van der Waals surface area contributed by atoms with Gasteiger partial charge in [0.1, 0.15) is 6.33 Å². The highest BCUT2D eigenvalue weighted by Crippen LogP contribution is 2.29. The van der Waals surface area contributed by atoms with Crippen LogP contribution in [-0.2, 0) is 4.79 Å². The fraction of sp³-hybridized carbons (Fsp3) is 0.333. The number of aromatic nitrogens is 4. The largest absolute Gasteiger partial charge is 0.369 e. The summed E-state index contributed by atoms with van der Waals surface area (Å²) in [6.45, 7) is 1.55. The van der Waals surface area contributed by atoms with Gasteiger partial charge >= 0.3 is 0 Å². The Morgan fingerprint density at radius 1 is 1.18 bits per heavy atom. The molecule has 0 aliphatic carbocycles. The number of benzene rings is 1. The first-order valence-corrected chi connectivity index (χ1v) is 7.37. The summed E-state index contributed by atoms with van der Waals surface area (Å²) < 4.78 is 1.71. The highest BCUT2D eigenvalue weighted by atomic mass is 16.1. The minimum absolute atomic E-state index is 0.0267. The number of hydrogen-bond donors (Lipinski definition) is 1. The molecule has 1 saturated heterocycles. The Morgan fingerprint density at radius 2 is 1.91 bits per heavy atom. The molecule has 3 heterocycles. The van der Waals surface area contributed by atoms with Gasteiger partial charge < -0.3 is 10.6 Å². The van der Waals surface area contributed by atoms with Crippen LogP contribution in [0, 0.1) is 5.92 Å². The first kappa shape index (κ1) is 13.0. The Bertz CT molecular complexity index is 849. The number of fused-ring (bicyclic) bond motifs is 3. The molecule has 1 amide bonds. The number of hydrogen-bond acceptors (Lipinski definition) is 5. The number of nitrogens with zero attached hydrogens (tertiary/aromatic N) is 5. The molecule has 2 N–H and O–H groups in total. The van der Waals surface area contributed by atoms with Gasteiger partial charge in [0.15, 0.2) is 11.5 Å². The van der Waals surface area contributed by atoms with Gasteiger partial charge in [0.25, 0.3) is 0 Å². The zero-order valence-electron chi connectivity index (χ0n) is 12.0. The summed E-state index contributed by atoms with van der Waals surface area (Å²) in [6.07, 6.45) is 3.15. The molecular weight excluding hydrogens is 280 g/mol. The van der Waals surface area contributed by atoms with E-state index in [2.05, 4.69) is 20.2 Å². The second kappa shape index (κ2) is 4.94. The number of carbonyl (C=O) groups excluding carboxylic acids is 1. The van der Waals surface area contributed by atoms with Crippen molar-refractivity contribution in [2.24, 2.45) is 11.7 Å². The molecule has 4 rings (SSSR count). The van der Waals surface area contributed by atoms with Crippen LogP contribution in [0.4, 0.5) is 5.82 Å². The Balaban J connectivity index is 1.79. The van der Waals surface area contributed by atoms with Crippen molar-refractivity contribution in [2.75, 3.05) is 18.0 Å². The molecule has 1 fully saturated rings. The van der Waals surface area contributed by atoms with Crippen molar-refractivity contribution in [2.45, 2.75) is 12.8 Å². The molecule has 3 aromatic rings. The molecule has 7 nitrogen and oxygen atoms in total. The Labute approximate surface area is 126 Å². The number of anilines is 1. The topological polar surface area (TPSA) is 89.4 Å². The molecule has 0 radical (unpaired) electrons. The average molecular weight is 296 g/mol. The summed E-state index contributed by atoms with van der Waals surface area (Å²) in [5.74, 6) is 0.679. The molecule has 0 atom stereocenters. The van der Waals surface area contributed by atoms with Gasteiger partial charge in [-0.2, -0.15) is 4.52 Å². The lowest BCUT2D eigenvalue weighted by Crippen LogP contribution is -2.39. The predicted molar refractivity (Wildman–Crippen MR) is 82.4 cm³/mol. The van der Waals surface area contributed by atoms with Crippen molar-refractivity contribution in [3.63, 3.8) is 0 Å². The van der Waals surface area contributed by atoms with Crippen LogP contribution in [0.25, 0.3) is 16.4 Å². The molecule has 2 aromatic heterocycles. The van der Waals surface area contributed by atoms with Crippen LogP contribution in [0.2, 0.25) is 0 Å². The summed E-state index contributed by atoms with van der Waals surface area (Å²) in [5, 5.41) is 14.8. The monoisotopic (exact) mass is 296 g/mol. The minimum atomic E-state index is -0.202. The van der Waals surface area contributed by atoms with Crippen molar-refractivity contribution in [3.8, 4) is 0 Å². The summed E-state index contributed by atoms with van der Waals surface area (Å²) in [5.41, 5.74) is 6.16. The maximum Gasteiger partial charge on any atom is 0.220 e. The van der Waals surface area contributed by atoms with Crippen LogP contribution in [0.15, 0.2) is 30.6 Å². The predicted octanol–water partition coefficient (Wildman–Crippen LogP) is 0.979. The Kier molecular flexibility index (Phi) is 2.92. The molecule has 1 aromatic carbocycles. The van der Waals surface area contributed by atoms with Crippen LogP contribution in [0.3, 0.4) is 0 Å². The van der Waals surface area contributed by atoms with E-state index in [0.717, 1.165) is 48.2 Å². The van der Waals surface area contributed by atoms with Crippen LogP contribution in [0.1, 0.15) is 12.8 Å². The van der Waals surface area contributed by atoms with Gasteiger partial charge in [-0.15, -0.1) is 15.3 Å². The second-order valence-corrected chi connectivity index (χ2v) is 5.63. The Morgan fingerprint density at radius 3 is 2.64 bits per heavy atom. The minimum Gasteiger partial charge on any atom is -0.369 e. The summed E-state index contributed by atoms with van der Waals surface area (Å²) >= 11 is 0. The molecular formula is C15H16N6O. The van der Waals surface area contributed by atoms with Gasteiger partial charge in [-0.1, -0.05) is 24.3 Å². The van der Waals surface area contributed by atoms with Crippen molar-refractivity contribution in [3.05, 3.63) is 30.6 Å². The van der Waals surface area contributed by atoms with E-state index >= 15 is 0 Å². The summed E-state index contributed by atoms with van der Waals surface area (Å²) in [4.78, 5) is 13.5. The first-order valence-electron chi connectivity index (χ1n) is 7.37. The van der Waals surface area contributed by atoms with Gasteiger partial charge in [0.2, 0.25) is 5.91 Å². The molecule has 0 saturated carbocycles. The highest BCUT2D eigenvalue weighted by Gasteiger charge is 2.25. The maximum atomic E-state index is 11.3. The average Bonchev–Trinajstić information content (AvgIpc) is 3.03. The third-order valence-corrected chi connectivity index (χ3v) is 4.34. The SMILES string of the molecule is NC(=O)C1CCN(c2nn3cnnc3c3ccccc23)CC1. The van der Waals surface area contributed by atoms with Crippen molar-refractivity contribution in [1.29, 1.82) is 0 Å². The maximum absolute atomic E-state index is 11.3. The zero-order valence-corrected chi connectivity index (χ0v) is 12.0. The van der Waals surface area contributed by atoms with E-state index in [-0.39, 0.29) is 11.8 Å². The fourth-order valence-electron chi connectivity index (χ4n) is 3.12. The molecule has 1 aliphatic heterocycles. The van der Waals surface area contributed by atoms with Crippen molar-refractivity contribution >= 4 is 28.1 Å². The number of nitrogens with two attached hydrogens (primary N) is 1. The van der Waals surface area contributed by atoms with E-state index in [1.807, 2.05) is 24.3 Å². The van der Waals surface area contributed by atoms with Crippen molar-refractivity contribution in [1.82, 2.24) is 19.8 Å². The van der Waals surface area contributed by atoms with E-state index in [1.54, 1.807) is 10.8 Å². The van der Waals surface area contributed by atoms with E-state index < -0.39 is 0 Å². The lowest BCUT2D eigenvalue weighted by molar-refractivity contribution is -0.122. The molecule has 1 aliphatic rings. The normalized spacial score (nSPS) is 16.5. The molecule has 0 unspecified atom stereocenters.